The van der Waals surface area contributed by atoms with Crippen molar-refractivity contribution in [1.29, 1.82) is 0 Å². The second-order valence-electron chi connectivity index (χ2n) is 7.67. The molecule has 5 aromatic carbocycles. The van der Waals surface area contributed by atoms with Crippen molar-refractivity contribution >= 4 is 11.6 Å². The molecule has 3 heteroatoms. The Morgan fingerprint density at radius 2 is 0.771 bits per heavy atom. The van der Waals surface area contributed by atoms with Crippen LogP contribution in [0, 0.1) is 0 Å². The fraction of sp³-hybridized carbons (Fsp3) is 0. The Hall–Kier alpha value is -4.76. The highest BCUT2D eigenvalue weighted by Gasteiger charge is 2.14. The van der Waals surface area contributed by atoms with Crippen LogP contribution >= 0.6 is 0 Å². The number of hydrogen-bond acceptors (Lipinski definition) is 3. The highest BCUT2D eigenvalue weighted by atomic mass is 16.5. The largest absolute Gasteiger partial charge is 0.457 e. The molecule has 0 aliphatic carbocycles. The Balaban J connectivity index is 0.000000179. The number of para-hydroxylation sites is 2. The van der Waals surface area contributed by atoms with Gasteiger partial charge < -0.3 is 4.74 Å². The first kappa shape index (κ1) is 23.4. The average molecular weight is 457 g/mol. The zero-order chi connectivity index (χ0) is 24.3. The molecule has 0 bridgehead atoms. The van der Waals surface area contributed by atoms with Gasteiger partial charge in [0.15, 0.2) is 11.6 Å². The average Bonchev–Trinajstić information content (AvgIpc) is 2.95. The van der Waals surface area contributed by atoms with E-state index in [2.05, 4.69) is 0 Å². The molecule has 0 amide bonds. The SMILES string of the molecule is O=C(c1ccccc1)c1ccccc1.O=C(c1ccccc1)c1ccccc1Oc1ccccc1. The van der Waals surface area contributed by atoms with Gasteiger partial charge in [-0.2, -0.15) is 0 Å². The molecule has 0 spiro atoms. The van der Waals surface area contributed by atoms with Gasteiger partial charge in [-0.05, 0) is 24.3 Å². The molecule has 0 fully saturated rings. The third-order valence-corrected chi connectivity index (χ3v) is 5.21. The topological polar surface area (TPSA) is 43.4 Å². The summed E-state index contributed by atoms with van der Waals surface area (Å²) in [5.74, 6) is 1.32. The molecule has 3 nitrogen and oxygen atoms in total. The monoisotopic (exact) mass is 456 g/mol. The lowest BCUT2D eigenvalue weighted by Gasteiger charge is -2.10. The van der Waals surface area contributed by atoms with Gasteiger partial charge in [0.05, 0.1) is 5.56 Å². The Morgan fingerprint density at radius 1 is 0.400 bits per heavy atom. The van der Waals surface area contributed by atoms with Crippen molar-refractivity contribution in [3.05, 3.63) is 168 Å². The molecule has 5 aromatic rings. The summed E-state index contributed by atoms with van der Waals surface area (Å²) < 4.78 is 5.83. The van der Waals surface area contributed by atoms with E-state index < -0.39 is 0 Å². The molecule has 0 heterocycles. The van der Waals surface area contributed by atoms with Gasteiger partial charge in [-0.3, -0.25) is 9.59 Å². The van der Waals surface area contributed by atoms with Crippen LogP contribution in [0.25, 0.3) is 0 Å². The Morgan fingerprint density at radius 3 is 1.26 bits per heavy atom. The van der Waals surface area contributed by atoms with Crippen LogP contribution in [-0.2, 0) is 0 Å². The maximum Gasteiger partial charge on any atom is 0.196 e. The molecule has 35 heavy (non-hydrogen) atoms. The molecule has 0 aliphatic rings. The van der Waals surface area contributed by atoms with Crippen molar-refractivity contribution in [3.8, 4) is 11.5 Å². The maximum absolute atomic E-state index is 12.6. The minimum absolute atomic E-state index is 0.0397. The van der Waals surface area contributed by atoms with E-state index in [0.717, 1.165) is 11.1 Å². The summed E-state index contributed by atoms with van der Waals surface area (Å²) in [5, 5.41) is 0. The summed E-state index contributed by atoms with van der Waals surface area (Å²) >= 11 is 0. The van der Waals surface area contributed by atoms with Gasteiger partial charge >= 0.3 is 0 Å². The van der Waals surface area contributed by atoms with Crippen molar-refractivity contribution < 1.29 is 14.3 Å². The fourth-order valence-electron chi connectivity index (χ4n) is 3.45. The van der Waals surface area contributed by atoms with Gasteiger partial charge in [0, 0.05) is 16.7 Å². The summed E-state index contributed by atoms with van der Waals surface area (Å²) in [6.45, 7) is 0. The number of ketones is 2. The van der Waals surface area contributed by atoms with Crippen molar-refractivity contribution in [2.75, 3.05) is 0 Å². The first-order valence-corrected chi connectivity index (χ1v) is 11.3. The van der Waals surface area contributed by atoms with Gasteiger partial charge in [-0.15, -0.1) is 0 Å². The predicted octanol–water partition coefficient (Wildman–Crippen LogP) is 7.63. The summed E-state index contributed by atoms with van der Waals surface area (Å²) in [7, 11) is 0. The minimum atomic E-state index is -0.0397. The standard InChI is InChI=1S/C19H14O2.C13H10O/c20-19(15-9-3-1-4-10-15)17-13-7-8-14-18(17)21-16-11-5-2-6-12-16;14-13(11-7-3-1-4-8-11)12-9-5-2-6-10-12/h1-14H;1-10H. The van der Waals surface area contributed by atoms with Gasteiger partial charge in [0.1, 0.15) is 11.5 Å². The van der Waals surface area contributed by atoms with Gasteiger partial charge in [0.2, 0.25) is 0 Å². The van der Waals surface area contributed by atoms with Crippen molar-refractivity contribution in [2.45, 2.75) is 0 Å². The molecule has 0 unspecified atom stereocenters. The third-order valence-electron chi connectivity index (χ3n) is 5.21. The summed E-state index contributed by atoms with van der Waals surface area (Å²) in [6, 6.07) is 44.6. The molecule has 0 radical (unpaired) electrons. The van der Waals surface area contributed by atoms with Crippen molar-refractivity contribution in [1.82, 2.24) is 0 Å². The van der Waals surface area contributed by atoms with Gasteiger partial charge in [-0.1, -0.05) is 121 Å². The smallest absolute Gasteiger partial charge is 0.196 e. The fourth-order valence-corrected chi connectivity index (χ4v) is 3.45. The van der Waals surface area contributed by atoms with E-state index in [1.54, 1.807) is 6.07 Å². The van der Waals surface area contributed by atoms with Crippen molar-refractivity contribution in [2.24, 2.45) is 0 Å². The molecular weight excluding hydrogens is 432 g/mol. The number of rotatable bonds is 6. The second-order valence-corrected chi connectivity index (χ2v) is 7.67. The van der Waals surface area contributed by atoms with Crippen LogP contribution in [0.5, 0.6) is 11.5 Å². The molecule has 0 saturated heterocycles. The first-order chi connectivity index (χ1) is 17.2. The van der Waals surface area contributed by atoms with Gasteiger partial charge in [0.25, 0.3) is 0 Å². The minimum Gasteiger partial charge on any atom is -0.457 e. The van der Waals surface area contributed by atoms with Crippen LogP contribution in [-0.4, -0.2) is 11.6 Å². The predicted molar refractivity (Wildman–Crippen MR) is 139 cm³/mol. The highest BCUT2D eigenvalue weighted by molar-refractivity contribution is 6.10. The third kappa shape index (κ3) is 6.40. The summed E-state index contributed by atoms with van der Waals surface area (Å²) in [4.78, 5) is 24.4. The molecule has 0 aromatic heterocycles. The van der Waals surface area contributed by atoms with E-state index >= 15 is 0 Å². The first-order valence-electron chi connectivity index (χ1n) is 11.3. The van der Waals surface area contributed by atoms with Crippen molar-refractivity contribution in [3.63, 3.8) is 0 Å². The van der Waals surface area contributed by atoms with E-state index in [1.165, 1.54) is 0 Å². The number of hydrogen-bond donors (Lipinski definition) is 0. The van der Waals surface area contributed by atoms with E-state index in [-0.39, 0.29) is 11.6 Å². The lowest BCUT2D eigenvalue weighted by atomic mass is 10.0. The molecular formula is C32H24O3. The zero-order valence-electron chi connectivity index (χ0n) is 19.1. The molecule has 0 aliphatic heterocycles. The molecule has 0 saturated carbocycles. The number of carbonyl (C=O) groups is 2. The number of ether oxygens (including phenoxy) is 1. The van der Waals surface area contributed by atoms with E-state index in [1.807, 2.05) is 140 Å². The van der Waals surface area contributed by atoms with E-state index in [4.69, 9.17) is 4.74 Å². The molecule has 0 N–H and O–H groups in total. The lowest BCUT2D eigenvalue weighted by molar-refractivity contribution is 0.102. The molecule has 170 valence electrons. The summed E-state index contributed by atoms with van der Waals surface area (Å²) in [6.07, 6.45) is 0. The van der Waals surface area contributed by atoms with E-state index in [9.17, 15) is 9.59 Å². The zero-order valence-corrected chi connectivity index (χ0v) is 19.1. The van der Waals surface area contributed by atoms with Gasteiger partial charge in [-0.25, -0.2) is 0 Å². The quantitative estimate of drug-likeness (QED) is 0.247. The Kier molecular flexibility index (Phi) is 7.97. The molecule has 5 rings (SSSR count). The van der Waals surface area contributed by atoms with Crippen LogP contribution in [0.15, 0.2) is 146 Å². The molecule has 0 atom stereocenters. The maximum atomic E-state index is 12.6. The van der Waals surface area contributed by atoms with Crippen LogP contribution in [0.2, 0.25) is 0 Å². The second kappa shape index (κ2) is 11.9. The summed E-state index contributed by atoms with van der Waals surface area (Å²) in [5.41, 5.74) is 2.69. The lowest BCUT2D eigenvalue weighted by Crippen LogP contribution is -2.03. The normalized spacial score (nSPS) is 9.94. The van der Waals surface area contributed by atoms with Crippen LogP contribution in [0.3, 0.4) is 0 Å². The number of carbonyl (C=O) groups excluding carboxylic acids is 2. The van der Waals surface area contributed by atoms with Crippen LogP contribution in [0.4, 0.5) is 0 Å². The number of benzene rings is 5. The highest BCUT2D eigenvalue weighted by Crippen LogP contribution is 2.26. The Labute approximate surface area is 205 Å². The van der Waals surface area contributed by atoms with Crippen LogP contribution in [0.1, 0.15) is 31.8 Å². The Bertz CT molecular complexity index is 1320. The van der Waals surface area contributed by atoms with Crippen LogP contribution < -0.4 is 4.74 Å². The van der Waals surface area contributed by atoms with E-state index in [0.29, 0.717) is 22.6 Å².